The number of nitrogens with one attached hydrogen (secondary N) is 2. The maximum absolute atomic E-state index is 4.78. The fourth-order valence-corrected chi connectivity index (χ4v) is 3.15. The zero-order valence-corrected chi connectivity index (χ0v) is 13.7. The molecule has 0 unspecified atom stereocenters. The molecule has 0 saturated heterocycles. The first kappa shape index (κ1) is 14.0. The molecular weight excluding hydrogens is 284 g/mol. The van der Waals surface area contributed by atoms with Crippen LogP contribution in [0.25, 0.3) is 33.5 Å². The molecule has 4 nitrogen and oxygen atoms in total. The van der Waals surface area contributed by atoms with Crippen LogP contribution in [0.3, 0.4) is 0 Å². The van der Waals surface area contributed by atoms with Gasteiger partial charge in [0.25, 0.3) is 0 Å². The second-order valence-corrected chi connectivity index (χ2v) is 6.18. The Kier molecular flexibility index (Phi) is 3.18. The van der Waals surface area contributed by atoms with Crippen LogP contribution >= 0.6 is 0 Å². The summed E-state index contributed by atoms with van der Waals surface area (Å²) >= 11 is 0. The number of aromatic nitrogens is 4. The first-order chi connectivity index (χ1) is 11.2. The lowest BCUT2D eigenvalue weighted by molar-refractivity contribution is 0.861. The molecule has 0 saturated carbocycles. The SMILES string of the molecule is CCCc1nc2c(C)cc(-c3nc4c(C)cccc4[nH]3)cc2[nH]1. The van der Waals surface area contributed by atoms with Gasteiger partial charge < -0.3 is 9.97 Å². The van der Waals surface area contributed by atoms with E-state index in [-0.39, 0.29) is 0 Å². The van der Waals surface area contributed by atoms with Crippen molar-refractivity contribution in [2.24, 2.45) is 0 Å². The standard InChI is InChI=1S/C19H20N4/c1-4-6-16-20-15-10-13(9-12(3)18(15)22-16)19-21-14-8-5-7-11(2)17(14)23-19/h5,7-10H,4,6H2,1-3H3,(H,20,22)(H,21,23). The molecule has 2 heterocycles. The van der Waals surface area contributed by atoms with Crippen LogP contribution < -0.4 is 0 Å². The minimum absolute atomic E-state index is 0.908. The number of hydrogen-bond donors (Lipinski definition) is 2. The molecule has 4 rings (SSSR count). The van der Waals surface area contributed by atoms with Crippen LogP contribution in [0.2, 0.25) is 0 Å². The van der Waals surface area contributed by atoms with E-state index in [0.717, 1.165) is 52.1 Å². The van der Waals surface area contributed by atoms with Crippen LogP contribution in [0.4, 0.5) is 0 Å². The molecule has 0 bridgehead atoms. The molecule has 2 N–H and O–H groups in total. The predicted octanol–water partition coefficient (Wildman–Crippen LogP) is 4.68. The van der Waals surface area contributed by atoms with Crippen molar-refractivity contribution in [3.8, 4) is 11.4 Å². The zero-order valence-electron chi connectivity index (χ0n) is 13.7. The van der Waals surface area contributed by atoms with E-state index in [1.165, 1.54) is 11.1 Å². The Labute approximate surface area is 135 Å². The summed E-state index contributed by atoms with van der Waals surface area (Å²) in [5.74, 6) is 1.97. The van der Waals surface area contributed by atoms with Crippen molar-refractivity contribution in [3.05, 3.63) is 47.3 Å². The number of nitrogens with zero attached hydrogens (tertiary/aromatic N) is 2. The average Bonchev–Trinajstić information content (AvgIpc) is 3.12. The second kappa shape index (κ2) is 5.23. The lowest BCUT2D eigenvalue weighted by Crippen LogP contribution is -1.84. The third-order valence-electron chi connectivity index (χ3n) is 4.30. The van der Waals surface area contributed by atoms with Gasteiger partial charge in [0.15, 0.2) is 0 Å². The molecule has 0 aliphatic heterocycles. The Morgan fingerprint density at radius 3 is 2.52 bits per heavy atom. The van der Waals surface area contributed by atoms with E-state index >= 15 is 0 Å². The summed E-state index contributed by atoms with van der Waals surface area (Å²) in [4.78, 5) is 16.4. The molecule has 0 amide bonds. The largest absolute Gasteiger partial charge is 0.342 e. The summed E-state index contributed by atoms with van der Waals surface area (Å²) in [6, 6.07) is 10.5. The van der Waals surface area contributed by atoms with E-state index < -0.39 is 0 Å². The van der Waals surface area contributed by atoms with Crippen LogP contribution in [0, 0.1) is 13.8 Å². The van der Waals surface area contributed by atoms with Gasteiger partial charge in [-0.05, 0) is 49.6 Å². The fourth-order valence-electron chi connectivity index (χ4n) is 3.15. The molecule has 2 aromatic heterocycles. The van der Waals surface area contributed by atoms with Gasteiger partial charge in [0.2, 0.25) is 0 Å². The van der Waals surface area contributed by atoms with E-state index in [4.69, 9.17) is 9.97 Å². The molecule has 0 aliphatic carbocycles. The topological polar surface area (TPSA) is 57.4 Å². The van der Waals surface area contributed by atoms with Gasteiger partial charge in [-0.3, -0.25) is 0 Å². The Morgan fingerprint density at radius 1 is 0.913 bits per heavy atom. The number of benzene rings is 2. The van der Waals surface area contributed by atoms with Gasteiger partial charge in [0, 0.05) is 12.0 Å². The Morgan fingerprint density at radius 2 is 1.74 bits per heavy atom. The smallest absolute Gasteiger partial charge is 0.138 e. The molecule has 116 valence electrons. The number of hydrogen-bond acceptors (Lipinski definition) is 2. The highest BCUT2D eigenvalue weighted by Gasteiger charge is 2.11. The van der Waals surface area contributed by atoms with E-state index in [1.54, 1.807) is 0 Å². The van der Waals surface area contributed by atoms with Gasteiger partial charge in [-0.15, -0.1) is 0 Å². The average molecular weight is 304 g/mol. The fraction of sp³-hybridized carbons (Fsp3) is 0.263. The molecule has 2 aromatic carbocycles. The van der Waals surface area contributed by atoms with Gasteiger partial charge >= 0.3 is 0 Å². The summed E-state index contributed by atoms with van der Waals surface area (Å²) in [6.07, 6.45) is 2.07. The number of H-pyrrole nitrogens is 2. The van der Waals surface area contributed by atoms with Crippen molar-refractivity contribution in [2.45, 2.75) is 33.6 Å². The van der Waals surface area contributed by atoms with Crippen molar-refractivity contribution in [2.75, 3.05) is 0 Å². The van der Waals surface area contributed by atoms with Crippen LogP contribution in [0.1, 0.15) is 30.3 Å². The third kappa shape index (κ3) is 2.31. The van der Waals surface area contributed by atoms with Gasteiger partial charge in [0.05, 0.1) is 22.1 Å². The summed E-state index contributed by atoms with van der Waals surface area (Å²) in [5, 5.41) is 0. The molecule has 0 fully saturated rings. The first-order valence-corrected chi connectivity index (χ1v) is 8.10. The molecular formula is C19H20N4. The second-order valence-electron chi connectivity index (χ2n) is 6.18. The maximum atomic E-state index is 4.78. The highest BCUT2D eigenvalue weighted by Crippen LogP contribution is 2.27. The summed E-state index contributed by atoms with van der Waals surface area (Å²) in [6.45, 7) is 6.37. The van der Waals surface area contributed by atoms with E-state index in [9.17, 15) is 0 Å². The maximum Gasteiger partial charge on any atom is 0.138 e. The van der Waals surface area contributed by atoms with Gasteiger partial charge in [-0.2, -0.15) is 0 Å². The highest BCUT2D eigenvalue weighted by atomic mass is 14.9. The Bertz CT molecular complexity index is 1010. The predicted molar refractivity (Wildman–Crippen MR) is 94.7 cm³/mol. The van der Waals surface area contributed by atoms with E-state index in [1.807, 2.05) is 0 Å². The quantitative estimate of drug-likeness (QED) is 0.577. The van der Waals surface area contributed by atoms with Gasteiger partial charge in [-0.1, -0.05) is 19.1 Å². The minimum atomic E-state index is 0.908. The van der Waals surface area contributed by atoms with Crippen LogP contribution in [-0.4, -0.2) is 19.9 Å². The number of para-hydroxylation sites is 1. The number of rotatable bonds is 3. The van der Waals surface area contributed by atoms with Crippen molar-refractivity contribution in [1.82, 2.24) is 19.9 Å². The van der Waals surface area contributed by atoms with E-state index in [2.05, 4.69) is 61.1 Å². The summed E-state index contributed by atoms with van der Waals surface area (Å²) in [7, 11) is 0. The van der Waals surface area contributed by atoms with Crippen molar-refractivity contribution in [1.29, 1.82) is 0 Å². The lowest BCUT2D eigenvalue weighted by Gasteiger charge is -2.00. The summed E-state index contributed by atoms with van der Waals surface area (Å²) in [5.41, 5.74) is 7.72. The first-order valence-electron chi connectivity index (χ1n) is 8.10. The molecule has 0 aliphatic rings. The number of aryl methyl sites for hydroxylation is 3. The molecule has 4 aromatic rings. The third-order valence-corrected chi connectivity index (χ3v) is 4.30. The minimum Gasteiger partial charge on any atom is -0.342 e. The van der Waals surface area contributed by atoms with Crippen molar-refractivity contribution in [3.63, 3.8) is 0 Å². The van der Waals surface area contributed by atoms with E-state index in [0.29, 0.717) is 0 Å². The zero-order chi connectivity index (χ0) is 16.0. The molecule has 0 radical (unpaired) electrons. The van der Waals surface area contributed by atoms with Crippen molar-refractivity contribution < 1.29 is 0 Å². The van der Waals surface area contributed by atoms with Crippen molar-refractivity contribution >= 4 is 22.1 Å². The highest BCUT2D eigenvalue weighted by molar-refractivity contribution is 5.87. The lowest BCUT2D eigenvalue weighted by atomic mass is 10.1. The van der Waals surface area contributed by atoms with Crippen LogP contribution in [0.15, 0.2) is 30.3 Å². The molecule has 23 heavy (non-hydrogen) atoms. The molecule has 0 spiro atoms. The Hall–Kier alpha value is -2.62. The van der Waals surface area contributed by atoms with Gasteiger partial charge in [0.1, 0.15) is 11.6 Å². The van der Waals surface area contributed by atoms with Crippen LogP contribution in [0.5, 0.6) is 0 Å². The summed E-state index contributed by atoms with van der Waals surface area (Å²) < 4.78 is 0. The normalized spacial score (nSPS) is 11.6. The monoisotopic (exact) mass is 304 g/mol. The number of aromatic amines is 2. The number of fused-ring (bicyclic) bond motifs is 2. The molecule has 0 atom stereocenters. The van der Waals surface area contributed by atoms with Gasteiger partial charge in [-0.25, -0.2) is 9.97 Å². The molecule has 4 heteroatoms. The Balaban J connectivity index is 1.88. The van der Waals surface area contributed by atoms with Crippen LogP contribution in [-0.2, 0) is 6.42 Å². The number of imidazole rings is 2.